The van der Waals surface area contributed by atoms with Crippen LogP contribution in [0.3, 0.4) is 0 Å². The average Bonchev–Trinajstić information content (AvgIpc) is 3.83. The van der Waals surface area contributed by atoms with E-state index in [9.17, 15) is 19.8 Å². The molecule has 43 heavy (non-hydrogen) atoms. The Bertz CT molecular complexity index is 1210. The Labute approximate surface area is 265 Å². The molecule has 2 saturated carbocycles. The van der Waals surface area contributed by atoms with Crippen LogP contribution in [0.2, 0.25) is 5.02 Å². The molecule has 8 heteroatoms. The Morgan fingerprint density at radius 1 is 0.930 bits per heavy atom. The number of hydrogen-bond acceptors (Lipinski definition) is 5. The zero-order chi connectivity index (χ0) is 30.6. The number of nitrogens with one attached hydrogen (secondary N) is 2. The van der Waals surface area contributed by atoms with Gasteiger partial charge in [0.1, 0.15) is 12.1 Å². The quantitative estimate of drug-likeness (QED) is 0.140. The Hall–Kier alpha value is -2.50. The van der Waals surface area contributed by atoms with Crippen molar-refractivity contribution in [3.63, 3.8) is 0 Å². The number of carbonyl (C=O) groups is 2. The Kier molecular flexibility index (Phi) is 13.3. The van der Waals surface area contributed by atoms with Gasteiger partial charge in [-0.2, -0.15) is 0 Å². The molecular formula is C35H45ClN2O4S. The number of terminal acetylenes is 1. The summed E-state index contributed by atoms with van der Waals surface area (Å²) < 4.78 is 0. The summed E-state index contributed by atoms with van der Waals surface area (Å²) in [5.41, 5.74) is 1.05. The number of thioether (sulfide) groups is 1. The second-order valence-electron chi connectivity index (χ2n) is 12.2. The van der Waals surface area contributed by atoms with Crippen molar-refractivity contribution in [3.8, 4) is 12.3 Å². The molecule has 0 aliphatic heterocycles. The Morgan fingerprint density at radius 2 is 1.65 bits per heavy atom. The maximum absolute atomic E-state index is 13.8. The van der Waals surface area contributed by atoms with E-state index in [4.69, 9.17) is 18.0 Å². The molecule has 2 fully saturated rings. The van der Waals surface area contributed by atoms with E-state index < -0.39 is 24.3 Å². The minimum absolute atomic E-state index is 0.00585. The highest BCUT2D eigenvalue weighted by atomic mass is 35.5. The third-order valence-electron chi connectivity index (χ3n) is 8.62. The van der Waals surface area contributed by atoms with Crippen molar-refractivity contribution in [1.29, 1.82) is 0 Å². The van der Waals surface area contributed by atoms with Gasteiger partial charge in [-0.05, 0) is 54.9 Å². The molecule has 0 radical (unpaired) electrons. The smallest absolute Gasteiger partial charge is 0.242 e. The molecule has 2 amide bonds. The second-order valence-corrected chi connectivity index (χ2v) is 13.7. The number of rotatable bonds is 16. The van der Waals surface area contributed by atoms with Crippen molar-refractivity contribution in [2.24, 2.45) is 17.8 Å². The molecule has 2 aromatic carbocycles. The van der Waals surface area contributed by atoms with Crippen LogP contribution in [0.1, 0.15) is 69.8 Å². The van der Waals surface area contributed by atoms with Crippen LogP contribution in [0.25, 0.3) is 0 Å². The molecule has 0 saturated heterocycles. The summed E-state index contributed by atoms with van der Waals surface area (Å²) in [5, 5.41) is 28.3. The van der Waals surface area contributed by atoms with Gasteiger partial charge in [-0.3, -0.25) is 9.59 Å². The first-order valence-corrected chi connectivity index (χ1v) is 17.0. The predicted molar refractivity (Wildman–Crippen MR) is 174 cm³/mol. The van der Waals surface area contributed by atoms with Crippen molar-refractivity contribution in [2.75, 3.05) is 5.75 Å². The lowest BCUT2D eigenvalue weighted by molar-refractivity contribution is -0.132. The van der Waals surface area contributed by atoms with Crippen LogP contribution >= 0.6 is 23.4 Å². The van der Waals surface area contributed by atoms with Gasteiger partial charge < -0.3 is 20.8 Å². The highest BCUT2D eigenvalue weighted by molar-refractivity contribution is 7.99. The summed E-state index contributed by atoms with van der Waals surface area (Å²) in [6, 6.07) is 16.1. The number of halogens is 1. The largest absolute Gasteiger partial charge is 0.389 e. The molecular weight excluding hydrogens is 580 g/mol. The minimum Gasteiger partial charge on any atom is -0.389 e. The predicted octanol–water partition coefficient (Wildman–Crippen LogP) is 5.78. The number of aliphatic hydroxyl groups excluding tert-OH is 2. The third kappa shape index (κ3) is 11.2. The number of amides is 2. The molecule has 232 valence electrons. The maximum Gasteiger partial charge on any atom is 0.242 e. The molecule has 4 N–H and O–H groups in total. The number of hydrogen-bond donors (Lipinski definition) is 4. The van der Waals surface area contributed by atoms with Crippen LogP contribution in [0.5, 0.6) is 0 Å². The van der Waals surface area contributed by atoms with E-state index in [0.29, 0.717) is 41.9 Å². The normalized spacial score (nSPS) is 18.9. The first-order chi connectivity index (χ1) is 20.8. The standard InChI is InChI=1S/C35H45ClN2O4S/c1-2-10-32(39)33(40)30(20-25-13-7-4-8-14-25)37-35(42)31(21-26-17-18-26)38-34(41)27(19-24-11-5-3-6-12-24)23-43-29-16-9-15-28(36)22-29/h1,3,5-6,9,11-12,15-16,22,25-27,30-33,39-40H,4,7-8,10,13-14,17-21,23H2,(H,37,42)(H,38,41)/t27-,30+,31+,32+,33-/m1/s1. The summed E-state index contributed by atoms with van der Waals surface area (Å²) in [6.45, 7) is 0. The molecule has 2 aliphatic carbocycles. The number of carbonyl (C=O) groups excluding carboxylic acids is 2. The third-order valence-corrected chi connectivity index (χ3v) is 10.0. The summed E-state index contributed by atoms with van der Waals surface area (Å²) in [4.78, 5) is 28.6. The highest BCUT2D eigenvalue weighted by Gasteiger charge is 2.36. The first-order valence-electron chi connectivity index (χ1n) is 15.6. The van der Waals surface area contributed by atoms with Gasteiger partial charge >= 0.3 is 0 Å². The summed E-state index contributed by atoms with van der Waals surface area (Å²) in [5.74, 6) is 2.84. The lowest BCUT2D eigenvalue weighted by Crippen LogP contribution is -2.56. The van der Waals surface area contributed by atoms with Crippen molar-refractivity contribution in [1.82, 2.24) is 10.6 Å². The van der Waals surface area contributed by atoms with Crippen LogP contribution in [0.15, 0.2) is 59.5 Å². The SMILES string of the molecule is C#CC[C@H](O)[C@H](O)[C@H](CC1CCCCC1)NC(=O)[C@H](CC1CC1)NC(=O)[C@@H](CSc1cccc(Cl)c1)Cc1ccccc1. The molecule has 0 unspecified atom stereocenters. The zero-order valence-electron chi connectivity index (χ0n) is 24.8. The molecule has 0 spiro atoms. The molecule has 2 aromatic rings. The average molecular weight is 625 g/mol. The van der Waals surface area contributed by atoms with E-state index in [1.165, 1.54) is 6.42 Å². The van der Waals surface area contributed by atoms with Gasteiger partial charge in [-0.15, -0.1) is 24.1 Å². The first kappa shape index (κ1) is 33.4. The van der Waals surface area contributed by atoms with Gasteiger partial charge in [-0.1, -0.05) is 92.9 Å². The van der Waals surface area contributed by atoms with Crippen molar-refractivity contribution >= 4 is 35.2 Å². The van der Waals surface area contributed by atoms with Gasteiger partial charge in [0.2, 0.25) is 11.8 Å². The maximum atomic E-state index is 13.8. The van der Waals surface area contributed by atoms with Gasteiger partial charge in [0.15, 0.2) is 0 Å². The lowest BCUT2D eigenvalue weighted by atomic mass is 9.82. The molecule has 0 heterocycles. The van der Waals surface area contributed by atoms with Crippen LogP contribution in [0.4, 0.5) is 0 Å². The fourth-order valence-corrected chi connectivity index (χ4v) is 7.25. The summed E-state index contributed by atoms with van der Waals surface area (Å²) in [7, 11) is 0. The van der Waals surface area contributed by atoms with Crippen molar-refractivity contribution < 1.29 is 19.8 Å². The van der Waals surface area contributed by atoms with E-state index in [0.717, 1.165) is 49.0 Å². The van der Waals surface area contributed by atoms with Crippen LogP contribution in [-0.2, 0) is 16.0 Å². The number of benzene rings is 2. The van der Waals surface area contributed by atoms with E-state index in [1.54, 1.807) is 11.8 Å². The molecule has 6 nitrogen and oxygen atoms in total. The van der Waals surface area contributed by atoms with Crippen LogP contribution in [0, 0.1) is 30.1 Å². The van der Waals surface area contributed by atoms with Crippen molar-refractivity contribution in [2.45, 2.75) is 99.8 Å². The van der Waals surface area contributed by atoms with Crippen LogP contribution in [-0.4, -0.2) is 52.1 Å². The van der Waals surface area contributed by atoms with E-state index in [1.807, 2.05) is 54.6 Å². The van der Waals surface area contributed by atoms with Gasteiger partial charge in [-0.25, -0.2) is 0 Å². The monoisotopic (exact) mass is 624 g/mol. The fraction of sp³-hybridized carbons (Fsp3) is 0.543. The second kappa shape index (κ2) is 17.1. The molecule has 5 atom stereocenters. The molecule has 0 aromatic heterocycles. The zero-order valence-corrected chi connectivity index (χ0v) is 26.4. The summed E-state index contributed by atoms with van der Waals surface area (Å²) >= 11 is 7.76. The number of aliphatic hydroxyl groups is 2. The summed E-state index contributed by atoms with van der Waals surface area (Å²) in [6.07, 6.45) is 12.4. The fourth-order valence-electron chi connectivity index (χ4n) is 5.95. The Morgan fingerprint density at radius 3 is 2.33 bits per heavy atom. The topological polar surface area (TPSA) is 98.7 Å². The van der Waals surface area contributed by atoms with E-state index >= 15 is 0 Å². The Balaban J connectivity index is 1.47. The van der Waals surface area contributed by atoms with Gasteiger partial charge in [0.05, 0.1) is 18.1 Å². The van der Waals surface area contributed by atoms with E-state index in [-0.39, 0.29) is 24.2 Å². The van der Waals surface area contributed by atoms with Crippen LogP contribution < -0.4 is 10.6 Å². The molecule has 0 bridgehead atoms. The highest BCUT2D eigenvalue weighted by Crippen LogP contribution is 2.34. The van der Waals surface area contributed by atoms with Crippen molar-refractivity contribution in [3.05, 3.63) is 65.2 Å². The minimum atomic E-state index is -1.18. The van der Waals surface area contributed by atoms with Gasteiger partial charge in [0.25, 0.3) is 0 Å². The lowest BCUT2D eigenvalue weighted by Gasteiger charge is -2.33. The van der Waals surface area contributed by atoms with Gasteiger partial charge in [0, 0.05) is 22.1 Å². The molecule has 4 rings (SSSR count). The molecule has 2 aliphatic rings. The van der Waals surface area contributed by atoms with E-state index in [2.05, 4.69) is 16.6 Å².